The molecule has 1 saturated carbocycles. The molecule has 1 atom stereocenters. The van der Waals surface area contributed by atoms with E-state index in [1.54, 1.807) is 11.8 Å². The molecular weight excluding hydrogens is 232 g/mol. The molecule has 0 saturated heterocycles. The maximum atomic E-state index is 12.1. The van der Waals surface area contributed by atoms with Crippen molar-refractivity contribution in [3.63, 3.8) is 0 Å². The van der Waals surface area contributed by atoms with Crippen LogP contribution >= 0.6 is 0 Å². The van der Waals surface area contributed by atoms with E-state index in [0.29, 0.717) is 18.9 Å². The van der Waals surface area contributed by atoms with Gasteiger partial charge in [-0.3, -0.25) is 0 Å². The fourth-order valence-electron chi connectivity index (χ4n) is 2.01. The Kier molecular flexibility index (Phi) is 4.99. The van der Waals surface area contributed by atoms with Gasteiger partial charge in [-0.15, -0.1) is 0 Å². The Morgan fingerprint density at radius 2 is 2.00 bits per heavy atom. The van der Waals surface area contributed by atoms with Gasteiger partial charge >= 0.3 is 12.0 Å². The Morgan fingerprint density at radius 3 is 2.39 bits per heavy atom. The average molecular weight is 256 g/mol. The Morgan fingerprint density at radius 1 is 1.39 bits per heavy atom. The van der Waals surface area contributed by atoms with Crippen LogP contribution in [0.4, 0.5) is 4.79 Å². The van der Waals surface area contributed by atoms with Crippen molar-refractivity contribution in [3.05, 3.63) is 0 Å². The summed E-state index contributed by atoms with van der Waals surface area (Å²) < 4.78 is 0. The standard InChI is InChI=1S/C13H24N2O3/c1-4-8-13(3,11(16)17)14-12(18)15(5-2)9-10-6-7-10/h10H,4-9H2,1-3H3,(H,14,18)(H,16,17). The van der Waals surface area contributed by atoms with E-state index in [1.807, 2.05) is 13.8 Å². The van der Waals surface area contributed by atoms with Crippen LogP contribution in [0.15, 0.2) is 0 Å². The molecular formula is C13H24N2O3. The summed E-state index contributed by atoms with van der Waals surface area (Å²) in [5.41, 5.74) is -1.16. The molecule has 0 bridgehead atoms. The van der Waals surface area contributed by atoms with Crippen LogP contribution in [0.5, 0.6) is 0 Å². The molecule has 1 fully saturated rings. The lowest BCUT2D eigenvalue weighted by molar-refractivity contribution is -0.144. The first-order chi connectivity index (χ1) is 8.42. The van der Waals surface area contributed by atoms with E-state index in [2.05, 4.69) is 5.32 Å². The summed E-state index contributed by atoms with van der Waals surface area (Å²) in [5.74, 6) is -0.363. The summed E-state index contributed by atoms with van der Waals surface area (Å²) >= 11 is 0. The summed E-state index contributed by atoms with van der Waals surface area (Å²) in [6, 6.07) is -0.261. The third kappa shape index (κ3) is 3.89. The highest BCUT2D eigenvalue weighted by Gasteiger charge is 2.36. The van der Waals surface area contributed by atoms with Crippen molar-refractivity contribution in [2.75, 3.05) is 13.1 Å². The van der Waals surface area contributed by atoms with Crippen LogP contribution < -0.4 is 5.32 Å². The zero-order chi connectivity index (χ0) is 13.8. The number of rotatable bonds is 7. The topological polar surface area (TPSA) is 69.6 Å². The van der Waals surface area contributed by atoms with Gasteiger partial charge in [0.1, 0.15) is 5.54 Å². The van der Waals surface area contributed by atoms with Gasteiger partial charge in [-0.1, -0.05) is 13.3 Å². The Labute approximate surface area is 109 Å². The SMILES string of the molecule is CCCC(C)(NC(=O)N(CC)CC1CC1)C(=O)O. The van der Waals surface area contributed by atoms with Crippen LogP contribution in [-0.2, 0) is 4.79 Å². The van der Waals surface area contributed by atoms with Gasteiger partial charge in [0.25, 0.3) is 0 Å². The number of aliphatic carboxylic acids is 1. The lowest BCUT2D eigenvalue weighted by atomic mass is 9.96. The van der Waals surface area contributed by atoms with E-state index in [9.17, 15) is 14.7 Å². The lowest BCUT2D eigenvalue weighted by Crippen LogP contribution is -2.56. The number of amides is 2. The van der Waals surface area contributed by atoms with Gasteiger partial charge in [-0.25, -0.2) is 9.59 Å². The fraction of sp³-hybridized carbons (Fsp3) is 0.846. The number of carboxylic acid groups (broad SMARTS) is 1. The minimum atomic E-state index is -1.16. The monoisotopic (exact) mass is 256 g/mol. The highest BCUT2D eigenvalue weighted by atomic mass is 16.4. The fourth-order valence-corrected chi connectivity index (χ4v) is 2.01. The minimum absolute atomic E-state index is 0.261. The van der Waals surface area contributed by atoms with Crippen LogP contribution in [0.1, 0.15) is 46.5 Å². The van der Waals surface area contributed by atoms with Gasteiger partial charge in [0.15, 0.2) is 0 Å². The molecule has 104 valence electrons. The third-order valence-electron chi connectivity index (χ3n) is 3.45. The van der Waals surface area contributed by atoms with Crippen molar-refractivity contribution < 1.29 is 14.7 Å². The summed E-state index contributed by atoms with van der Waals surface area (Å²) in [7, 11) is 0. The van der Waals surface area contributed by atoms with Crippen molar-refractivity contribution in [2.45, 2.75) is 52.0 Å². The zero-order valence-electron chi connectivity index (χ0n) is 11.5. The highest BCUT2D eigenvalue weighted by molar-refractivity contribution is 5.85. The van der Waals surface area contributed by atoms with Crippen LogP contribution in [0.2, 0.25) is 0 Å². The van der Waals surface area contributed by atoms with Crippen molar-refractivity contribution in [3.8, 4) is 0 Å². The zero-order valence-corrected chi connectivity index (χ0v) is 11.5. The largest absolute Gasteiger partial charge is 0.480 e. The second-order valence-electron chi connectivity index (χ2n) is 5.30. The van der Waals surface area contributed by atoms with Crippen molar-refractivity contribution in [1.29, 1.82) is 0 Å². The van der Waals surface area contributed by atoms with Gasteiger partial charge in [-0.2, -0.15) is 0 Å². The molecule has 0 heterocycles. The summed E-state index contributed by atoms with van der Waals surface area (Å²) in [6.45, 7) is 6.75. The highest BCUT2D eigenvalue weighted by Crippen LogP contribution is 2.29. The maximum Gasteiger partial charge on any atom is 0.329 e. The predicted octanol–water partition coefficient (Wildman–Crippen LogP) is 2.07. The number of hydrogen-bond donors (Lipinski definition) is 2. The molecule has 1 rings (SSSR count). The molecule has 0 radical (unpaired) electrons. The molecule has 18 heavy (non-hydrogen) atoms. The molecule has 1 aliphatic rings. The number of carbonyl (C=O) groups is 2. The van der Waals surface area contributed by atoms with Crippen molar-refractivity contribution >= 4 is 12.0 Å². The molecule has 0 aromatic carbocycles. The van der Waals surface area contributed by atoms with Gasteiger partial charge < -0.3 is 15.3 Å². The molecule has 2 N–H and O–H groups in total. The normalized spacial score (nSPS) is 17.9. The van der Waals surface area contributed by atoms with Gasteiger partial charge in [0.2, 0.25) is 0 Å². The number of nitrogens with one attached hydrogen (secondary N) is 1. The van der Waals surface area contributed by atoms with Crippen LogP contribution in [0.25, 0.3) is 0 Å². The molecule has 1 unspecified atom stereocenters. The molecule has 0 aromatic heterocycles. The van der Waals surface area contributed by atoms with E-state index >= 15 is 0 Å². The molecule has 0 aliphatic heterocycles. The van der Waals surface area contributed by atoms with Gasteiger partial charge in [0, 0.05) is 13.1 Å². The van der Waals surface area contributed by atoms with Gasteiger partial charge in [0.05, 0.1) is 0 Å². The predicted molar refractivity (Wildman–Crippen MR) is 69.5 cm³/mol. The van der Waals surface area contributed by atoms with Crippen LogP contribution in [0, 0.1) is 5.92 Å². The Hall–Kier alpha value is -1.26. The third-order valence-corrected chi connectivity index (χ3v) is 3.45. The quantitative estimate of drug-likeness (QED) is 0.732. The number of carboxylic acids is 1. The van der Waals surface area contributed by atoms with Crippen molar-refractivity contribution in [1.82, 2.24) is 10.2 Å². The first kappa shape index (κ1) is 14.8. The second-order valence-corrected chi connectivity index (χ2v) is 5.30. The molecule has 5 heteroatoms. The molecule has 0 spiro atoms. The molecule has 2 amide bonds. The van der Waals surface area contributed by atoms with E-state index < -0.39 is 11.5 Å². The smallest absolute Gasteiger partial charge is 0.329 e. The molecule has 1 aliphatic carbocycles. The Balaban J connectivity index is 2.60. The van der Waals surface area contributed by atoms with E-state index in [-0.39, 0.29) is 6.03 Å². The van der Waals surface area contributed by atoms with Crippen LogP contribution in [-0.4, -0.2) is 40.6 Å². The minimum Gasteiger partial charge on any atom is -0.480 e. The number of nitrogens with zero attached hydrogens (tertiary/aromatic N) is 1. The number of carbonyl (C=O) groups excluding carboxylic acids is 1. The molecule has 0 aromatic rings. The number of hydrogen-bond acceptors (Lipinski definition) is 2. The average Bonchev–Trinajstić information content (AvgIpc) is 3.09. The number of urea groups is 1. The van der Waals surface area contributed by atoms with Crippen molar-refractivity contribution in [2.24, 2.45) is 5.92 Å². The van der Waals surface area contributed by atoms with Crippen LogP contribution in [0.3, 0.4) is 0 Å². The lowest BCUT2D eigenvalue weighted by Gasteiger charge is -2.30. The van der Waals surface area contributed by atoms with E-state index in [0.717, 1.165) is 13.0 Å². The first-order valence-electron chi connectivity index (χ1n) is 6.73. The summed E-state index contributed by atoms with van der Waals surface area (Å²) in [4.78, 5) is 25.0. The summed E-state index contributed by atoms with van der Waals surface area (Å²) in [6.07, 6.45) is 3.51. The van der Waals surface area contributed by atoms with E-state index in [4.69, 9.17) is 0 Å². The Bertz CT molecular complexity index is 315. The maximum absolute atomic E-state index is 12.1. The summed E-state index contributed by atoms with van der Waals surface area (Å²) in [5, 5.41) is 11.9. The second kappa shape index (κ2) is 6.07. The molecule has 5 nitrogen and oxygen atoms in total. The van der Waals surface area contributed by atoms with Gasteiger partial charge in [-0.05, 0) is 39.0 Å². The van der Waals surface area contributed by atoms with E-state index in [1.165, 1.54) is 12.8 Å². The first-order valence-corrected chi connectivity index (χ1v) is 6.73.